The van der Waals surface area contributed by atoms with Crippen molar-refractivity contribution < 1.29 is 9.59 Å². The highest BCUT2D eigenvalue weighted by Crippen LogP contribution is 2.08. The number of rotatable bonds is 2. The maximum atomic E-state index is 11.0. The Balaban J connectivity index is 2.20. The average Bonchev–Trinajstić information content (AvgIpc) is 2.57. The Hall–Kier alpha value is -1.33. The Morgan fingerprint density at radius 1 is 1.77 bits per heavy atom. The fraction of sp³-hybridized carbons (Fsp3) is 0.500. The monoisotopic (exact) mass is 200 g/mol. The first-order valence-corrected chi connectivity index (χ1v) is 4.57. The molecule has 0 atom stereocenters. The molecule has 0 saturated carbocycles. The van der Waals surface area contributed by atoms with Gasteiger partial charge in [0.25, 0.3) is 0 Å². The number of isocyanates is 1. The van der Waals surface area contributed by atoms with Crippen molar-refractivity contribution in [2.45, 2.75) is 0 Å². The fourth-order valence-corrected chi connectivity index (χ4v) is 1.42. The van der Waals surface area contributed by atoms with E-state index < -0.39 is 6.03 Å². The number of carbonyl (C=O) groups excluding carboxylic acids is 2. The summed E-state index contributed by atoms with van der Waals surface area (Å²) in [5.74, 6) is 0.891. The lowest BCUT2D eigenvalue weighted by atomic mass is 10.8. The number of carbonyl (C=O) groups is 1. The topological polar surface area (TPSA) is 82.9 Å². The smallest absolute Gasteiger partial charge is 0.318 e. The second-order valence-electron chi connectivity index (χ2n) is 2.07. The summed E-state index contributed by atoms with van der Waals surface area (Å²) in [6, 6.07) is -0.410. The van der Waals surface area contributed by atoms with Crippen LogP contribution in [0.5, 0.6) is 0 Å². The van der Waals surface area contributed by atoms with Crippen LogP contribution in [-0.4, -0.2) is 36.2 Å². The van der Waals surface area contributed by atoms with E-state index in [0.29, 0.717) is 5.17 Å². The van der Waals surface area contributed by atoms with Gasteiger partial charge in [0.05, 0.1) is 6.54 Å². The minimum Gasteiger partial charge on any atom is -0.318 e. The molecule has 6 nitrogen and oxygen atoms in total. The second kappa shape index (κ2) is 5.34. The molecular weight excluding hydrogens is 192 g/mol. The van der Waals surface area contributed by atoms with Gasteiger partial charge < -0.3 is 5.32 Å². The number of hydrogen-bond acceptors (Lipinski definition) is 5. The molecule has 2 N–H and O–H groups in total. The van der Waals surface area contributed by atoms with Gasteiger partial charge in [0.2, 0.25) is 6.08 Å². The Morgan fingerprint density at radius 2 is 2.62 bits per heavy atom. The third-order valence-electron chi connectivity index (χ3n) is 1.19. The van der Waals surface area contributed by atoms with Crippen LogP contribution in [0.2, 0.25) is 0 Å². The van der Waals surface area contributed by atoms with Crippen molar-refractivity contribution in [2.24, 2.45) is 9.98 Å². The third-order valence-corrected chi connectivity index (χ3v) is 2.08. The number of hydrogen-bond donors (Lipinski definition) is 2. The van der Waals surface area contributed by atoms with Gasteiger partial charge in [-0.25, -0.2) is 9.59 Å². The molecule has 0 aromatic rings. The third kappa shape index (κ3) is 3.73. The number of thioether (sulfide) groups is 1. The summed E-state index contributed by atoms with van der Waals surface area (Å²) in [6.45, 7) is 0.667. The lowest BCUT2D eigenvalue weighted by Gasteiger charge is -2.02. The van der Waals surface area contributed by atoms with Crippen molar-refractivity contribution in [2.75, 3.05) is 19.0 Å². The zero-order chi connectivity index (χ0) is 9.52. The normalized spacial score (nSPS) is 14.3. The number of nitrogens with zero attached hydrogens (tertiary/aromatic N) is 2. The van der Waals surface area contributed by atoms with Crippen molar-refractivity contribution in [3.63, 3.8) is 0 Å². The minimum absolute atomic E-state index is 0.0622. The summed E-state index contributed by atoms with van der Waals surface area (Å²) >= 11 is 1.48. The lowest BCUT2D eigenvalue weighted by molar-refractivity contribution is 0.246. The molecule has 13 heavy (non-hydrogen) atoms. The van der Waals surface area contributed by atoms with Gasteiger partial charge in [0.1, 0.15) is 6.67 Å². The van der Waals surface area contributed by atoms with Gasteiger partial charge in [-0.15, -0.1) is 0 Å². The number of amides is 2. The molecule has 0 saturated heterocycles. The van der Waals surface area contributed by atoms with E-state index in [1.54, 1.807) is 0 Å². The van der Waals surface area contributed by atoms with Gasteiger partial charge in [-0.3, -0.25) is 10.3 Å². The first kappa shape index (κ1) is 9.76. The molecule has 0 aliphatic carbocycles. The standard InChI is InChI=1S/C6H8N4O2S/c11-4-7-3-9-5(12)10-6-8-1-2-13-6/h1-3H2,(H2,8,9,10,12). The summed E-state index contributed by atoms with van der Waals surface area (Å²) in [7, 11) is 0. The molecule has 0 radical (unpaired) electrons. The van der Waals surface area contributed by atoms with E-state index in [9.17, 15) is 9.59 Å². The quantitative estimate of drug-likeness (QED) is 0.473. The van der Waals surface area contributed by atoms with Crippen molar-refractivity contribution in [1.29, 1.82) is 0 Å². The minimum atomic E-state index is -0.410. The molecule has 0 aromatic heterocycles. The van der Waals surface area contributed by atoms with E-state index in [4.69, 9.17) is 0 Å². The Morgan fingerprint density at radius 3 is 3.23 bits per heavy atom. The van der Waals surface area contributed by atoms with Crippen LogP contribution in [0, 0.1) is 0 Å². The van der Waals surface area contributed by atoms with Crippen LogP contribution in [0.4, 0.5) is 4.79 Å². The van der Waals surface area contributed by atoms with Crippen molar-refractivity contribution in [1.82, 2.24) is 10.6 Å². The molecule has 0 bridgehead atoms. The molecule has 0 aromatic carbocycles. The second-order valence-corrected chi connectivity index (χ2v) is 3.16. The Labute approximate surface area is 78.9 Å². The SMILES string of the molecule is O=C=NCNC(=O)NC1=NCCS1. The Bertz CT molecular complexity index is 272. The summed E-state index contributed by atoms with van der Waals surface area (Å²) in [6.07, 6.45) is 1.31. The first-order chi connectivity index (χ1) is 6.33. The predicted molar refractivity (Wildman–Crippen MR) is 49.4 cm³/mol. The van der Waals surface area contributed by atoms with E-state index in [1.807, 2.05) is 0 Å². The van der Waals surface area contributed by atoms with Crippen LogP contribution in [0.25, 0.3) is 0 Å². The lowest BCUT2D eigenvalue weighted by Crippen LogP contribution is -2.37. The maximum absolute atomic E-state index is 11.0. The number of aliphatic imine (C=N–C) groups is 2. The van der Waals surface area contributed by atoms with Crippen molar-refractivity contribution in [3.8, 4) is 0 Å². The molecule has 0 unspecified atom stereocenters. The Kier molecular flexibility index (Phi) is 4.01. The van der Waals surface area contributed by atoms with E-state index in [1.165, 1.54) is 17.8 Å². The summed E-state index contributed by atoms with van der Waals surface area (Å²) in [5.41, 5.74) is 0. The number of nitrogens with one attached hydrogen (secondary N) is 2. The molecule has 1 rings (SSSR count). The van der Waals surface area contributed by atoms with Crippen LogP contribution >= 0.6 is 11.8 Å². The zero-order valence-corrected chi connectivity index (χ0v) is 7.56. The van der Waals surface area contributed by atoms with Gasteiger partial charge in [0, 0.05) is 5.75 Å². The van der Waals surface area contributed by atoms with E-state index >= 15 is 0 Å². The van der Waals surface area contributed by atoms with Gasteiger partial charge in [0.15, 0.2) is 5.17 Å². The molecule has 0 fully saturated rings. The molecule has 2 amide bonds. The van der Waals surface area contributed by atoms with Crippen molar-refractivity contribution in [3.05, 3.63) is 0 Å². The van der Waals surface area contributed by atoms with Gasteiger partial charge in [-0.2, -0.15) is 4.99 Å². The van der Waals surface area contributed by atoms with E-state index in [2.05, 4.69) is 20.6 Å². The first-order valence-electron chi connectivity index (χ1n) is 3.58. The molecule has 1 aliphatic heterocycles. The summed E-state index contributed by atoms with van der Waals surface area (Å²) < 4.78 is 0. The molecule has 1 heterocycles. The van der Waals surface area contributed by atoms with Crippen LogP contribution in [0.1, 0.15) is 0 Å². The highest BCUT2D eigenvalue weighted by molar-refractivity contribution is 8.14. The maximum Gasteiger partial charge on any atom is 0.322 e. The summed E-state index contributed by atoms with van der Waals surface area (Å²) in [5, 5.41) is 5.45. The highest BCUT2D eigenvalue weighted by atomic mass is 32.2. The van der Waals surface area contributed by atoms with E-state index in [0.717, 1.165) is 12.3 Å². The predicted octanol–water partition coefficient (Wildman–Crippen LogP) is -0.318. The number of urea groups is 1. The number of amidine groups is 1. The average molecular weight is 200 g/mol. The van der Waals surface area contributed by atoms with Crippen LogP contribution in [0.3, 0.4) is 0 Å². The van der Waals surface area contributed by atoms with Gasteiger partial charge >= 0.3 is 6.03 Å². The van der Waals surface area contributed by atoms with Gasteiger partial charge in [-0.05, 0) is 0 Å². The van der Waals surface area contributed by atoms with Crippen LogP contribution in [0.15, 0.2) is 9.98 Å². The van der Waals surface area contributed by atoms with Crippen molar-refractivity contribution >= 4 is 29.0 Å². The van der Waals surface area contributed by atoms with E-state index in [-0.39, 0.29) is 6.67 Å². The zero-order valence-electron chi connectivity index (χ0n) is 6.74. The van der Waals surface area contributed by atoms with Crippen LogP contribution in [-0.2, 0) is 4.79 Å². The molecule has 1 aliphatic rings. The molecule has 70 valence electrons. The highest BCUT2D eigenvalue weighted by Gasteiger charge is 2.09. The largest absolute Gasteiger partial charge is 0.322 e. The van der Waals surface area contributed by atoms with Gasteiger partial charge in [-0.1, -0.05) is 11.8 Å². The molecule has 7 heteroatoms. The molecular formula is C6H8N4O2S. The summed E-state index contributed by atoms with van der Waals surface area (Å²) in [4.78, 5) is 27.8. The molecule has 0 spiro atoms. The van der Waals surface area contributed by atoms with Crippen LogP contribution < -0.4 is 10.6 Å². The fourth-order valence-electron chi connectivity index (χ4n) is 0.696.